The smallest absolute Gasteiger partial charge is 0.137 e. The van der Waals surface area contributed by atoms with E-state index in [1.807, 2.05) is 13.0 Å². The second-order valence-corrected chi connectivity index (χ2v) is 4.10. The molecule has 3 nitrogen and oxygen atoms in total. The molecule has 0 fully saturated rings. The number of pyridine rings is 1. The Labute approximate surface area is 97.5 Å². The maximum absolute atomic E-state index is 10.1. The number of hydrogen-bond acceptors (Lipinski definition) is 3. The van der Waals surface area contributed by atoms with Gasteiger partial charge in [0.1, 0.15) is 5.75 Å². The van der Waals surface area contributed by atoms with Gasteiger partial charge < -0.3 is 9.84 Å². The van der Waals surface area contributed by atoms with Gasteiger partial charge in [0.25, 0.3) is 0 Å². The Morgan fingerprint density at radius 3 is 2.75 bits per heavy atom. The number of rotatable bonds is 6. The van der Waals surface area contributed by atoms with E-state index in [0.717, 1.165) is 24.2 Å². The lowest BCUT2D eigenvalue weighted by molar-refractivity contribution is 0.111. The zero-order valence-corrected chi connectivity index (χ0v) is 10.3. The Hall–Kier alpha value is -1.09. The van der Waals surface area contributed by atoms with Crippen LogP contribution in [-0.2, 0) is 0 Å². The maximum Gasteiger partial charge on any atom is 0.137 e. The molecule has 0 aromatic carbocycles. The molecule has 0 amide bonds. The predicted octanol–water partition coefficient (Wildman–Crippen LogP) is 2.95. The largest absolute Gasteiger partial charge is 0.492 e. The molecule has 2 atom stereocenters. The third kappa shape index (κ3) is 3.49. The number of ether oxygens (including phenoxy) is 1. The molecule has 1 rings (SSSR count). The highest BCUT2D eigenvalue weighted by molar-refractivity contribution is 5.25. The second kappa shape index (κ2) is 6.48. The Bertz CT molecular complexity index is 315. The molecule has 2 unspecified atom stereocenters. The molecule has 0 aliphatic carbocycles. The van der Waals surface area contributed by atoms with Gasteiger partial charge in [-0.25, -0.2) is 0 Å². The van der Waals surface area contributed by atoms with E-state index in [1.165, 1.54) is 0 Å². The van der Waals surface area contributed by atoms with Crippen LogP contribution in [0.4, 0.5) is 0 Å². The fourth-order valence-electron chi connectivity index (χ4n) is 1.78. The zero-order chi connectivity index (χ0) is 12.0. The van der Waals surface area contributed by atoms with Crippen LogP contribution in [0.3, 0.4) is 0 Å². The van der Waals surface area contributed by atoms with Crippen LogP contribution in [0.15, 0.2) is 18.5 Å². The Morgan fingerprint density at radius 1 is 1.38 bits per heavy atom. The fraction of sp³-hybridized carbons (Fsp3) is 0.615. The first-order valence-electron chi connectivity index (χ1n) is 5.94. The summed E-state index contributed by atoms with van der Waals surface area (Å²) in [5.41, 5.74) is 0.840. The van der Waals surface area contributed by atoms with Crippen LogP contribution in [0.2, 0.25) is 0 Å². The van der Waals surface area contributed by atoms with Gasteiger partial charge in [-0.2, -0.15) is 0 Å². The lowest BCUT2D eigenvalue weighted by atomic mass is 9.94. The topological polar surface area (TPSA) is 42.4 Å². The Kier molecular flexibility index (Phi) is 5.26. The van der Waals surface area contributed by atoms with Crippen molar-refractivity contribution in [3.05, 3.63) is 24.0 Å². The summed E-state index contributed by atoms with van der Waals surface area (Å²) in [5.74, 6) is 0.978. The molecule has 0 bridgehead atoms. The lowest BCUT2D eigenvalue weighted by Crippen LogP contribution is -2.09. The normalized spacial score (nSPS) is 14.5. The van der Waals surface area contributed by atoms with E-state index in [1.54, 1.807) is 12.4 Å². The average Bonchev–Trinajstić information content (AvgIpc) is 2.29. The van der Waals surface area contributed by atoms with Gasteiger partial charge in [-0.15, -0.1) is 0 Å². The summed E-state index contributed by atoms with van der Waals surface area (Å²) in [4.78, 5) is 4.08. The van der Waals surface area contributed by atoms with Crippen molar-refractivity contribution in [2.45, 2.75) is 39.7 Å². The summed E-state index contributed by atoms with van der Waals surface area (Å²) in [6, 6.07) is 1.87. The van der Waals surface area contributed by atoms with Gasteiger partial charge in [-0.05, 0) is 25.3 Å². The average molecular weight is 223 g/mol. The highest BCUT2D eigenvalue weighted by atomic mass is 16.5. The number of aromatic nitrogens is 1. The van der Waals surface area contributed by atoms with Crippen molar-refractivity contribution in [3.63, 3.8) is 0 Å². The molecule has 0 spiro atoms. The van der Waals surface area contributed by atoms with Crippen LogP contribution >= 0.6 is 0 Å². The van der Waals surface area contributed by atoms with E-state index < -0.39 is 6.10 Å². The second-order valence-electron chi connectivity index (χ2n) is 4.10. The number of nitrogens with zero attached hydrogens (tertiary/aromatic N) is 1. The van der Waals surface area contributed by atoms with Gasteiger partial charge in [0, 0.05) is 11.8 Å². The van der Waals surface area contributed by atoms with Gasteiger partial charge in [-0.1, -0.05) is 20.3 Å². The minimum atomic E-state index is -0.451. The minimum absolute atomic E-state index is 0.253. The van der Waals surface area contributed by atoms with Gasteiger partial charge >= 0.3 is 0 Å². The van der Waals surface area contributed by atoms with Crippen LogP contribution in [0, 0.1) is 5.92 Å². The van der Waals surface area contributed by atoms with Crippen LogP contribution in [0.1, 0.15) is 45.3 Å². The van der Waals surface area contributed by atoms with E-state index in [4.69, 9.17) is 4.74 Å². The van der Waals surface area contributed by atoms with Crippen LogP contribution in [0.5, 0.6) is 5.75 Å². The SMILES string of the molecule is CCCC(C)C(O)c1cncc(OCC)c1. The Balaban J connectivity index is 2.74. The molecular weight excluding hydrogens is 202 g/mol. The van der Waals surface area contributed by atoms with E-state index in [0.29, 0.717) is 6.61 Å². The molecule has 0 saturated carbocycles. The summed E-state index contributed by atoms with van der Waals surface area (Å²) < 4.78 is 5.36. The van der Waals surface area contributed by atoms with Crippen molar-refractivity contribution < 1.29 is 9.84 Å². The standard InChI is InChI=1S/C13H21NO2/c1-4-6-10(3)13(15)11-7-12(16-5-2)9-14-8-11/h7-10,13,15H,4-6H2,1-3H3. The van der Waals surface area contributed by atoms with Gasteiger partial charge in [-0.3, -0.25) is 4.98 Å². The Morgan fingerprint density at radius 2 is 2.12 bits per heavy atom. The monoisotopic (exact) mass is 223 g/mol. The molecule has 0 aliphatic rings. The third-order valence-corrected chi connectivity index (χ3v) is 2.67. The maximum atomic E-state index is 10.1. The van der Waals surface area contributed by atoms with Crippen molar-refractivity contribution in [2.75, 3.05) is 6.61 Å². The molecule has 1 aromatic heterocycles. The molecule has 0 saturated heterocycles. The highest BCUT2D eigenvalue weighted by Crippen LogP contribution is 2.26. The third-order valence-electron chi connectivity index (χ3n) is 2.67. The fourth-order valence-corrected chi connectivity index (χ4v) is 1.78. The van der Waals surface area contributed by atoms with Crippen molar-refractivity contribution in [1.82, 2.24) is 4.98 Å². The summed E-state index contributed by atoms with van der Waals surface area (Å²) in [7, 11) is 0. The first-order valence-corrected chi connectivity index (χ1v) is 5.94. The number of aliphatic hydroxyl groups excluding tert-OH is 1. The first kappa shape index (κ1) is 13.0. The van der Waals surface area contributed by atoms with Crippen molar-refractivity contribution >= 4 is 0 Å². The van der Waals surface area contributed by atoms with E-state index in [-0.39, 0.29) is 5.92 Å². The van der Waals surface area contributed by atoms with E-state index in [9.17, 15) is 5.11 Å². The van der Waals surface area contributed by atoms with Crippen molar-refractivity contribution in [2.24, 2.45) is 5.92 Å². The summed E-state index contributed by atoms with van der Waals surface area (Å²) in [6.07, 6.45) is 5.02. The molecule has 0 radical (unpaired) electrons. The van der Waals surface area contributed by atoms with Gasteiger partial charge in [0.05, 0.1) is 18.9 Å². The van der Waals surface area contributed by atoms with E-state index >= 15 is 0 Å². The highest BCUT2D eigenvalue weighted by Gasteiger charge is 2.16. The number of aliphatic hydroxyl groups is 1. The number of hydrogen-bond donors (Lipinski definition) is 1. The van der Waals surface area contributed by atoms with Crippen molar-refractivity contribution in [3.8, 4) is 5.75 Å². The summed E-state index contributed by atoms with van der Waals surface area (Å²) in [5, 5.41) is 10.1. The summed E-state index contributed by atoms with van der Waals surface area (Å²) >= 11 is 0. The quantitative estimate of drug-likeness (QED) is 0.806. The molecule has 1 aromatic rings. The molecule has 1 N–H and O–H groups in total. The van der Waals surface area contributed by atoms with Crippen LogP contribution in [0.25, 0.3) is 0 Å². The first-order chi connectivity index (χ1) is 7.69. The van der Waals surface area contributed by atoms with E-state index in [2.05, 4.69) is 18.8 Å². The van der Waals surface area contributed by atoms with Gasteiger partial charge in [0.2, 0.25) is 0 Å². The molecule has 3 heteroatoms. The predicted molar refractivity (Wildman–Crippen MR) is 64.4 cm³/mol. The lowest BCUT2D eigenvalue weighted by Gasteiger charge is -2.18. The van der Waals surface area contributed by atoms with Crippen LogP contribution in [-0.4, -0.2) is 16.7 Å². The molecular formula is C13H21NO2. The zero-order valence-electron chi connectivity index (χ0n) is 10.3. The minimum Gasteiger partial charge on any atom is -0.492 e. The summed E-state index contributed by atoms with van der Waals surface area (Å²) in [6.45, 7) is 6.73. The molecule has 0 aliphatic heterocycles. The molecule has 1 heterocycles. The van der Waals surface area contributed by atoms with Crippen molar-refractivity contribution in [1.29, 1.82) is 0 Å². The molecule has 90 valence electrons. The molecule has 16 heavy (non-hydrogen) atoms. The van der Waals surface area contributed by atoms with Crippen LogP contribution < -0.4 is 4.74 Å². The van der Waals surface area contributed by atoms with Gasteiger partial charge in [0.15, 0.2) is 0 Å².